The number of pyridine rings is 1. The minimum Gasteiger partial charge on any atom is -0.480 e. The Morgan fingerprint density at radius 1 is 1.19 bits per heavy atom. The van der Waals surface area contributed by atoms with Crippen molar-refractivity contribution >= 4 is 21.6 Å². The van der Waals surface area contributed by atoms with E-state index in [1.807, 2.05) is 17.5 Å². The molecule has 0 fully saturated rings. The number of nitrogens with zero attached hydrogens (tertiary/aromatic N) is 3. The molecule has 1 unspecified atom stereocenters. The smallest absolute Gasteiger partial charge is 0.241 e. The number of aliphatic hydroxyl groups excluding tert-OH is 1. The molecule has 0 amide bonds. The Kier molecular flexibility index (Phi) is 3.68. The summed E-state index contributed by atoms with van der Waals surface area (Å²) in [6.07, 6.45) is 2.11. The fraction of sp³-hybridized carbons (Fsp3) is 0.214. The monoisotopic (exact) mass is 303 g/mol. The highest BCUT2D eigenvalue weighted by Gasteiger charge is 2.20. The van der Waals surface area contributed by atoms with Crippen LogP contribution < -0.4 is 9.47 Å². The van der Waals surface area contributed by atoms with Crippen LogP contribution >= 0.6 is 11.3 Å². The molecule has 0 saturated heterocycles. The number of ether oxygens (including phenoxy) is 2. The Hall–Kier alpha value is -2.25. The highest BCUT2D eigenvalue weighted by atomic mass is 32.1. The first kappa shape index (κ1) is 13.7. The lowest BCUT2D eigenvalue weighted by Crippen LogP contribution is -2.07. The number of aliphatic hydroxyl groups is 1. The second kappa shape index (κ2) is 5.63. The zero-order valence-corrected chi connectivity index (χ0v) is 12.3. The summed E-state index contributed by atoms with van der Waals surface area (Å²) >= 11 is 1.57. The molecule has 21 heavy (non-hydrogen) atoms. The molecule has 0 aliphatic heterocycles. The van der Waals surface area contributed by atoms with Crippen molar-refractivity contribution in [2.45, 2.75) is 6.10 Å². The van der Waals surface area contributed by atoms with E-state index in [4.69, 9.17) is 9.47 Å². The predicted molar refractivity (Wildman–Crippen MR) is 78.8 cm³/mol. The van der Waals surface area contributed by atoms with Crippen LogP contribution in [0.3, 0.4) is 0 Å². The molecule has 3 aromatic rings. The van der Waals surface area contributed by atoms with Crippen molar-refractivity contribution in [2.24, 2.45) is 0 Å². The van der Waals surface area contributed by atoms with E-state index in [1.54, 1.807) is 17.5 Å². The van der Waals surface area contributed by atoms with E-state index >= 15 is 0 Å². The van der Waals surface area contributed by atoms with Crippen molar-refractivity contribution in [3.05, 3.63) is 41.2 Å². The summed E-state index contributed by atoms with van der Waals surface area (Å²) in [5.74, 6) is 0.558. The Morgan fingerprint density at radius 3 is 2.81 bits per heavy atom. The maximum atomic E-state index is 10.5. The zero-order chi connectivity index (χ0) is 14.8. The van der Waals surface area contributed by atoms with Crippen LogP contribution in [0.2, 0.25) is 0 Å². The third-order valence-electron chi connectivity index (χ3n) is 3.05. The molecule has 7 heteroatoms. The molecule has 3 aromatic heterocycles. The Bertz CT molecular complexity index is 775. The van der Waals surface area contributed by atoms with E-state index in [0.29, 0.717) is 17.1 Å². The molecule has 0 saturated carbocycles. The van der Waals surface area contributed by atoms with Gasteiger partial charge in [-0.15, -0.1) is 11.3 Å². The van der Waals surface area contributed by atoms with Crippen molar-refractivity contribution in [3.8, 4) is 11.8 Å². The van der Waals surface area contributed by atoms with Gasteiger partial charge in [-0.05, 0) is 17.5 Å². The van der Waals surface area contributed by atoms with Crippen LogP contribution in [0.1, 0.15) is 17.4 Å². The molecular weight excluding hydrogens is 290 g/mol. The molecule has 0 spiro atoms. The van der Waals surface area contributed by atoms with Gasteiger partial charge in [0.15, 0.2) is 0 Å². The lowest BCUT2D eigenvalue weighted by molar-refractivity contribution is 0.206. The third-order valence-corrected chi connectivity index (χ3v) is 3.90. The molecule has 1 atom stereocenters. The van der Waals surface area contributed by atoms with Crippen molar-refractivity contribution in [1.82, 2.24) is 15.0 Å². The predicted octanol–water partition coefficient (Wildman–Crippen LogP) is 2.19. The van der Waals surface area contributed by atoms with Gasteiger partial charge in [-0.3, -0.25) is 4.98 Å². The molecule has 0 aliphatic carbocycles. The summed E-state index contributed by atoms with van der Waals surface area (Å²) in [4.78, 5) is 12.6. The second-order valence-corrected chi connectivity index (χ2v) is 5.23. The zero-order valence-electron chi connectivity index (χ0n) is 11.5. The SMILES string of the molecule is COc1cnc(C(O)c2cnc3ccsc3c2)c(OC)n1. The fourth-order valence-electron chi connectivity index (χ4n) is 1.97. The summed E-state index contributed by atoms with van der Waals surface area (Å²) in [6, 6.07) is 3.83. The van der Waals surface area contributed by atoms with Crippen LogP contribution in [0.5, 0.6) is 11.8 Å². The molecular formula is C14H13N3O3S. The molecule has 0 radical (unpaired) electrons. The minimum absolute atomic E-state index is 0.230. The van der Waals surface area contributed by atoms with Gasteiger partial charge in [0.1, 0.15) is 11.8 Å². The summed E-state index contributed by atoms with van der Waals surface area (Å²) in [7, 11) is 2.97. The molecule has 1 N–H and O–H groups in total. The molecule has 0 aliphatic rings. The number of hydrogen-bond acceptors (Lipinski definition) is 7. The van der Waals surface area contributed by atoms with E-state index in [1.165, 1.54) is 20.4 Å². The van der Waals surface area contributed by atoms with Gasteiger partial charge in [-0.1, -0.05) is 0 Å². The van der Waals surface area contributed by atoms with Gasteiger partial charge in [0.25, 0.3) is 0 Å². The number of thiophene rings is 1. The van der Waals surface area contributed by atoms with Crippen LogP contribution in [0, 0.1) is 0 Å². The van der Waals surface area contributed by atoms with E-state index in [0.717, 1.165) is 10.2 Å². The summed E-state index contributed by atoms with van der Waals surface area (Å²) in [5.41, 5.74) is 1.88. The van der Waals surface area contributed by atoms with Crippen LogP contribution in [-0.4, -0.2) is 34.3 Å². The second-order valence-electron chi connectivity index (χ2n) is 4.28. The Morgan fingerprint density at radius 2 is 2.05 bits per heavy atom. The van der Waals surface area contributed by atoms with Gasteiger partial charge in [-0.2, -0.15) is 4.98 Å². The molecule has 0 bridgehead atoms. The molecule has 108 valence electrons. The molecule has 6 nitrogen and oxygen atoms in total. The van der Waals surface area contributed by atoms with Gasteiger partial charge in [-0.25, -0.2) is 4.98 Å². The van der Waals surface area contributed by atoms with Gasteiger partial charge in [0.2, 0.25) is 11.8 Å². The average Bonchev–Trinajstić information content (AvgIpc) is 3.01. The van der Waals surface area contributed by atoms with Gasteiger partial charge in [0, 0.05) is 11.8 Å². The summed E-state index contributed by atoms with van der Waals surface area (Å²) in [5, 5.41) is 12.5. The van der Waals surface area contributed by atoms with Crippen molar-refractivity contribution in [3.63, 3.8) is 0 Å². The van der Waals surface area contributed by atoms with Gasteiger partial charge >= 0.3 is 0 Å². The topological polar surface area (TPSA) is 77.4 Å². The highest BCUT2D eigenvalue weighted by Crippen LogP contribution is 2.30. The van der Waals surface area contributed by atoms with Gasteiger partial charge in [0.05, 0.1) is 30.6 Å². The van der Waals surface area contributed by atoms with E-state index in [-0.39, 0.29) is 5.88 Å². The minimum atomic E-state index is -0.961. The van der Waals surface area contributed by atoms with E-state index < -0.39 is 6.10 Å². The standard InChI is InChI=1S/C14H13N3O3S/c1-19-11-7-16-12(14(17-11)20-2)13(18)8-5-10-9(15-6-8)3-4-21-10/h3-7,13,18H,1-2H3. The van der Waals surface area contributed by atoms with E-state index in [2.05, 4.69) is 15.0 Å². The van der Waals surface area contributed by atoms with Crippen molar-refractivity contribution in [1.29, 1.82) is 0 Å². The normalized spacial score (nSPS) is 12.3. The maximum Gasteiger partial charge on any atom is 0.241 e. The lowest BCUT2D eigenvalue weighted by atomic mass is 10.1. The maximum absolute atomic E-state index is 10.5. The molecule has 3 heterocycles. The quantitative estimate of drug-likeness (QED) is 0.796. The first-order valence-electron chi connectivity index (χ1n) is 6.19. The third kappa shape index (κ3) is 2.53. The van der Waals surface area contributed by atoms with Crippen LogP contribution in [-0.2, 0) is 0 Å². The van der Waals surface area contributed by atoms with E-state index in [9.17, 15) is 5.11 Å². The van der Waals surface area contributed by atoms with Crippen molar-refractivity contribution < 1.29 is 14.6 Å². The molecule has 0 aromatic carbocycles. The first-order chi connectivity index (χ1) is 10.2. The Balaban J connectivity index is 2.02. The van der Waals surface area contributed by atoms with Gasteiger partial charge < -0.3 is 14.6 Å². The van der Waals surface area contributed by atoms with Crippen LogP contribution in [0.25, 0.3) is 10.2 Å². The van der Waals surface area contributed by atoms with Crippen LogP contribution in [0.4, 0.5) is 0 Å². The summed E-state index contributed by atoms with van der Waals surface area (Å²) < 4.78 is 11.2. The lowest BCUT2D eigenvalue weighted by Gasteiger charge is -2.13. The van der Waals surface area contributed by atoms with Crippen LogP contribution in [0.15, 0.2) is 29.9 Å². The number of methoxy groups -OCH3 is 2. The highest BCUT2D eigenvalue weighted by molar-refractivity contribution is 7.17. The largest absolute Gasteiger partial charge is 0.480 e. The summed E-state index contributed by atoms with van der Waals surface area (Å²) in [6.45, 7) is 0. The first-order valence-corrected chi connectivity index (χ1v) is 7.07. The number of rotatable bonds is 4. The number of fused-ring (bicyclic) bond motifs is 1. The Labute approximate surface area is 125 Å². The average molecular weight is 303 g/mol. The number of hydrogen-bond donors (Lipinski definition) is 1. The van der Waals surface area contributed by atoms with Crippen molar-refractivity contribution in [2.75, 3.05) is 14.2 Å². The fourth-order valence-corrected chi connectivity index (χ4v) is 2.76. The number of aromatic nitrogens is 3. The molecule has 3 rings (SSSR count).